The van der Waals surface area contributed by atoms with E-state index in [-0.39, 0.29) is 22.9 Å². The molecule has 1 heterocycles. The molecule has 1 aliphatic heterocycles. The zero-order valence-electron chi connectivity index (χ0n) is 13.7. The molecular formula is C16H31NO2. The minimum absolute atomic E-state index is 0.0122. The van der Waals surface area contributed by atoms with E-state index >= 15 is 0 Å². The van der Waals surface area contributed by atoms with Crippen LogP contribution in [0.4, 0.5) is 0 Å². The van der Waals surface area contributed by atoms with Crippen LogP contribution >= 0.6 is 0 Å². The highest BCUT2D eigenvalue weighted by Crippen LogP contribution is 2.40. The normalized spacial score (nSPS) is 27.0. The molecule has 1 saturated heterocycles. The van der Waals surface area contributed by atoms with Crippen molar-refractivity contribution in [2.45, 2.75) is 61.0 Å². The van der Waals surface area contributed by atoms with Crippen LogP contribution in [-0.2, 0) is 9.53 Å². The molecule has 0 N–H and O–H groups in total. The lowest BCUT2D eigenvalue weighted by Gasteiger charge is -2.42. The van der Waals surface area contributed by atoms with Crippen LogP contribution in [0.2, 0.25) is 0 Å². The van der Waals surface area contributed by atoms with Crippen LogP contribution in [0, 0.1) is 16.7 Å². The second kappa shape index (κ2) is 5.82. The maximum absolute atomic E-state index is 12.0. The molecule has 2 unspecified atom stereocenters. The van der Waals surface area contributed by atoms with Crippen LogP contribution in [-0.4, -0.2) is 36.6 Å². The van der Waals surface area contributed by atoms with Crippen molar-refractivity contribution in [3.63, 3.8) is 0 Å². The van der Waals surface area contributed by atoms with Crippen molar-refractivity contribution in [1.29, 1.82) is 0 Å². The molecule has 1 rings (SSSR count). The minimum Gasteiger partial charge on any atom is -0.460 e. The number of nitrogens with zero attached hydrogens (tertiary/aromatic N) is 1. The van der Waals surface area contributed by atoms with E-state index in [9.17, 15) is 4.79 Å². The molecule has 0 radical (unpaired) electrons. The summed E-state index contributed by atoms with van der Waals surface area (Å²) in [5.41, 5.74) is 0.115. The Kier molecular flexibility index (Phi) is 5.05. The molecular weight excluding hydrogens is 238 g/mol. The largest absolute Gasteiger partial charge is 0.460 e. The van der Waals surface area contributed by atoms with Crippen LogP contribution in [0.15, 0.2) is 0 Å². The number of rotatable bonds is 2. The van der Waals surface area contributed by atoms with Gasteiger partial charge >= 0.3 is 5.97 Å². The number of esters is 1. The fourth-order valence-corrected chi connectivity index (χ4v) is 2.88. The summed E-state index contributed by atoms with van der Waals surface area (Å²) in [4.78, 5) is 14.3. The predicted octanol–water partition coefficient (Wildman–Crippen LogP) is 3.33. The Morgan fingerprint density at radius 1 is 1.16 bits per heavy atom. The number of carbonyl (C=O) groups excluding carboxylic acids is 1. The Labute approximate surface area is 118 Å². The quantitative estimate of drug-likeness (QED) is 0.720. The first-order valence-corrected chi connectivity index (χ1v) is 7.47. The first-order chi connectivity index (χ1) is 8.55. The van der Waals surface area contributed by atoms with Gasteiger partial charge in [-0.05, 0) is 23.8 Å². The van der Waals surface area contributed by atoms with Crippen molar-refractivity contribution in [2.75, 3.05) is 19.6 Å². The molecule has 3 heteroatoms. The number of carbonyl (C=O) groups is 1. The highest BCUT2D eigenvalue weighted by molar-refractivity contribution is 5.72. The fourth-order valence-electron chi connectivity index (χ4n) is 2.88. The molecule has 0 saturated carbocycles. The fraction of sp³-hybridized carbons (Fsp3) is 0.938. The Balaban J connectivity index is 3.04. The van der Waals surface area contributed by atoms with Crippen molar-refractivity contribution >= 4 is 5.97 Å². The smallest absolute Gasteiger partial charge is 0.320 e. The second-order valence-corrected chi connectivity index (χ2v) is 7.98. The Morgan fingerprint density at radius 2 is 1.74 bits per heavy atom. The predicted molar refractivity (Wildman–Crippen MR) is 79.0 cm³/mol. The van der Waals surface area contributed by atoms with Gasteiger partial charge in [0.2, 0.25) is 0 Å². The molecule has 19 heavy (non-hydrogen) atoms. The summed E-state index contributed by atoms with van der Waals surface area (Å²) in [6.07, 6.45) is 1.06. The Hall–Kier alpha value is -0.570. The number of hydrogen-bond acceptors (Lipinski definition) is 3. The molecule has 2 atom stereocenters. The lowest BCUT2D eigenvalue weighted by Crippen LogP contribution is -2.45. The molecule has 0 aliphatic carbocycles. The van der Waals surface area contributed by atoms with Gasteiger partial charge in [0, 0.05) is 12.5 Å². The van der Waals surface area contributed by atoms with Gasteiger partial charge in [0.15, 0.2) is 0 Å². The monoisotopic (exact) mass is 269 g/mol. The Morgan fingerprint density at radius 3 is 2.16 bits per heavy atom. The van der Waals surface area contributed by atoms with Gasteiger partial charge in [-0.3, -0.25) is 9.69 Å². The first kappa shape index (κ1) is 16.5. The van der Waals surface area contributed by atoms with Gasteiger partial charge in [0.1, 0.15) is 6.10 Å². The summed E-state index contributed by atoms with van der Waals surface area (Å²) in [7, 11) is 0. The number of ether oxygens (including phenoxy) is 1. The zero-order valence-corrected chi connectivity index (χ0v) is 13.7. The minimum atomic E-state index is -0.0693. The second-order valence-electron chi connectivity index (χ2n) is 7.98. The van der Waals surface area contributed by atoms with E-state index in [0.29, 0.717) is 12.5 Å². The van der Waals surface area contributed by atoms with Crippen LogP contribution in [0.3, 0.4) is 0 Å². The standard InChI is InChI=1S/C16H31NO2/c1-8-9-17-10-12(15(2,3)4)14(16(5,6)7)19-13(18)11-17/h12,14H,8-11H2,1-7H3. The van der Waals surface area contributed by atoms with Gasteiger partial charge < -0.3 is 4.74 Å². The molecule has 0 aromatic heterocycles. The number of hydrogen-bond donors (Lipinski definition) is 0. The van der Waals surface area contributed by atoms with Gasteiger partial charge in [-0.1, -0.05) is 48.5 Å². The topological polar surface area (TPSA) is 29.5 Å². The zero-order chi connectivity index (χ0) is 14.8. The van der Waals surface area contributed by atoms with Gasteiger partial charge in [-0.2, -0.15) is 0 Å². The molecule has 0 bridgehead atoms. The summed E-state index contributed by atoms with van der Waals surface area (Å²) >= 11 is 0. The van der Waals surface area contributed by atoms with Gasteiger partial charge in [-0.15, -0.1) is 0 Å². The van der Waals surface area contributed by atoms with Gasteiger partial charge in [0.25, 0.3) is 0 Å². The maximum atomic E-state index is 12.0. The Bertz CT molecular complexity index is 312. The molecule has 0 spiro atoms. The molecule has 0 aromatic carbocycles. The summed E-state index contributed by atoms with van der Waals surface area (Å²) in [5, 5.41) is 0. The molecule has 1 aliphatic rings. The average molecular weight is 269 g/mol. The van der Waals surface area contributed by atoms with Gasteiger partial charge in [-0.25, -0.2) is 0 Å². The van der Waals surface area contributed by atoms with E-state index in [0.717, 1.165) is 19.5 Å². The third kappa shape index (κ3) is 4.48. The molecule has 1 fully saturated rings. The number of cyclic esters (lactones) is 1. The van der Waals surface area contributed by atoms with Crippen molar-refractivity contribution in [2.24, 2.45) is 16.7 Å². The van der Waals surface area contributed by atoms with Crippen molar-refractivity contribution < 1.29 is 9.53 Å². The SMILES string of the molecule is CCCN1CC(=O)OC(C(C)(C)C)C(C(C)(C)C)C1. The summed E-state index contributed by atoms with van der Waals surface area (Å²) in [6, 6.07) is 0. The van der Waals surface area contributed by atoms with Crippen LogP contribution in [0.5, 0.6) is 0 Å². The molecule has 0 aromatic rings. The third-order valence-corrected chi connectivity index (χ3v) is 3.94. The lowest BCUT2D eigenvalue weighted by atomic mass is 9.69. The van der Waals surface area contributed by atoms with Crippen molar-refractivity contribution in [1.82, 2.24) is 4.90 Å². The third-order valence-electron chi connectivity index (χ3n) is 3.94. The van der Waals surface area contributed by atoms with E-state index in [1.807, 2.05) is 0 Å². The van der Waals surface area contributed by atoms with Crippen molar-refractivity contribution in [3.05, 3.63) is 0 Å². The van der Waals surface area contributed by atoms with Crippen LogP contribution in [0.1, 0.15) is 54.9 Å². The summed E-state index contributed by atoms with van der Waals surface area (Å²) in [5.74, 6) is 0.297. The van der Waals surface area contributed by atoms with Crippen LogP contribution < -0.4 is 0 Å². The molecule has 3 nitrogen and oxygen atoms in total. The first-order valence-electron chi connectivity index (χ1n) is 7.47. The highest BCUT2D eigenvalue weighted by atomic mass is 16.5. The summed E-state index contributed by atoms with van der Waals surface area (Å²) < 4.78 is 5.81. The summed E-state index contributed by atoms with van der Waals surface area (Å²) in [6.45, 7) is 17.8. The molecule has 112 valence electrons. The van der Waals surface area contributed by atoms with E-state index in [2.05, 4.69) is 53.4 Å². The van der Waals surface area contributed by atoms with E-state index in [1.54, 1.807) is 0 Å². The van der Waals surface area contributed by atoms with Gasteiger partial charge in [0.05, 0.1) is 6.54 Å². The maximum Gasteiger partial charge on any atom is 0.320 e. The molecule has 0 amide bonds. The van der Waals surface area contributed by atoms with Crippen LogP contribution in [0.25, 0.3) is 0 Å². The van der Waals surface area contributed by atoms with E-state index < -0.39 is 0 Å². The van der Waals surface area contributed by atoms with E-state index in [4.69, 9.17) is 4.74 Å². The van der Waals surface area contributed by atoms with Crippen molar-refractivity contribution in [3.8, 4) is 0 Å². The highest BCUT2D eigenvalue weighted by Gasteiger charge is 2.44. The van der Waals surface area contributed by atoms with E-state index in [1.165, 1.54) is 0 Å². The lowest BCUT2D eigenvalue weighted by molar-refractivity contribution is -0.158. The average Bonchev–Trinajstić information content (AvgIpc) is 2.36.